The van der Waals surface area contributed by atoms with Crippen molar-refractivity contribution in [3.05, 3.63) is 0 Å². The first kappa shape index (κ1) is 11.9. The molecule has 1 aliphatic heterocycles. The quantitative estimate of drug-likeness (QED) is 0.320. The summed E-state index contributed by atoms with van der Waals surface area (Å²) in [6.45, 7) is 7.24. The van der Waals surface area contributed by atoms with E-state index in [1.807, 2.05) is 0 Å². The average Bonchev–Trinajstić information content (AvgIpc) is 2.15. The van der Waals surface area contributed by atoms with Gasteiger partial charge in [-0.2, -0.15) is 0 Å². The molecule has 0 saturated carbocycles. The van der Waals surface area contributed by atoms with Crippen molar-refractivity contribution in [3.63, 3.8) is 0 Å². The molecule has 0 spiro atoms. The summed E-state index contributed by atoms with van der Waals surface area (Å²) < 4.78 is 6.13. The summed E-state index contributed by atoms with van der Waals surface area (Å²) in [5.41, 5.74) is 0. The Labute approximate surface area is 98.2 Å². The standard InChI is InChI=1S/C9H21IN2Si/c1-3-5-7-11-9(10)12(13-11)8-6-4-2/h9H,3-8,13H2,1-2H3. The fourth-order valence-electron chi connectivity index (χ4n) is 1.58. The van der Waals surface area contributed by atoms with Crippen LogP contribution in [0.1, 0.15) is 39.5 Å². The number of unbranched alkanes of at least 4 members (excludes halogenated alkanes) is 2. The number of halogens is 1. The van der Waals surface area contributed by atoms with Crippen molar-refractivity contribution in [2.75, 3.05) is 13.1 Å². The van der Waals surface area contributed by atoms with Crippen LogP contribution in [0.4, 0.5) is 0 Å². The maximum absolute atomic E-state index is 2.69. The molecule has 0 aliphatic carbocycles. The van der Waals surface area contributed by atoms with Crippen LogP contribution in [0, 0.1) is 0 Å². The van der Waals surface area contributed by atoms with E-state index in [-0.39, 0.29) is 9.84 Å². The molecular formula is C9H21IN2Si. The van der Waals surface area contributed by atoms with Crippen LogP contribution in [-0.4, -0.2) is 36.2 Å². The SMILES string of the molecule is CCCCN1[SiH2]N(CCCC)C1I. The Kier molecular flexibility index (Phi) is 5.85. The van der Waals surface area contributed by atoms with Crippen LogP contribution in [0.2, 0.25) is 0 Å². The lowest BCUT2D eigenvalue weighted by Gasteiger charge is -2.48. The zero-order chi connectivity index (χ0) is 9.68. The van der Waals surface area contributed by atoms with Gasteiger partial charge in [0.25, 0.3) is 0 Å². The van der Waals surface area contributed by atoms with Gasteiger partial charge in [-0.15, -0.1) is 0 Å². The number of rotatable bonds is 6. The third-order valence-electron chi connectivity index (χ3n) is 2.56. The zero-order valence-electron chi connectivity index (χ0n) is 8.80. The van der Waals surface area contributed by atoms with E-state index in [1.54, 1.807) is 0 Å². The van der Waals surface area contributed by atoms with Crippen LogP contribution < -0.4 is 0 Å². The van der Waals surface area contributed by atoms with E-state index in [9.17, 15) is 0 Å². The summed E-state index contributed by atoms with van der Waals surface area (Å²) in [6, 6.07) is 0. The lowest BCUT2D eigenvalue weighted by Crippen LogP contribution is -2.63. The van der Waals surface area contributed by atoms with Crippen LogP contribution in [0.15, 0.2) is 0 Å². The van der Waals surface area contributed by atoms with Crippen molar-refractivity contribution < 1.29 is 0 Å². The number of hydrogen-bond donors (Lipinski definition) is 0. The Morgan fingerprint density at radius 3 is 1.85 bits per heavy atom. The fourth-order valence-corrected chi connectivity index (χ4v) is 4.81. The summed E-state index contributed by atoms with van der Waals surface area (Å²) in [6.07, 6.45) is 5.44. The van der Waals surface area contributed by atoms with E-state index >= 15 is 0 Å². The molecule has 0 unspecified atom stereocenters. The van der Waals surface area contributed by atoms with Crippen LogP contribution in [0.25, 0.3) is 0 Å². The Bertz CT molecular complexity index is 132. The first-order valence-corrected chi connectivity index (χ1v) is 7.92. The maximum Gasteiger partial charge on any atom is 0.176 e. The Hall–Kier alpha value is 0.867. The number of nitrogens with zero attached hydrogens (tertiary/aromatic N) is 2. The van der Waals surface area contributed by atoms with E-state index in [1.165, 1.54) is 38.8 Å². The second kappa shape index (κ2) is 6.37. The molecule has 0 aromatic carbocycles. The van der Waals surface area contributed by atoms with E-state index in [0.717, 1.165) is 4.17 Å². The Balaban J connectivity index is 2.07. The normalized spacial score (nSPS) is 26.5. The fraction of sp³-hybridized carbons (Fsp3) is 1.00. The van der Waals surface area contributed by atoms with Gasteiger partial charge in [-0.05, 0) is 48.5 Å². The highest BCUT2D eigenvalue weighted by Gasteiger charge is 2.32. The molecule has 0 aromatic heterocycles. The minimum atomic E-state index is 0.00400. The van der Waals surface area contributed by atoms with E-state index in [4.69, 9.17) is 0 Å². The average molecular weight is 312 g/mol. The smallest absolute Gasteiger partial charge is 0.176 e. The summed E-state index contributed by atoms with van der Waals surface area (Å²) in [4.78, 5) is 0. The van der Waals surface area contributed by atoms with Gasteiger partial charge in [0.05, 0.1) is 0 Å². The van der Waals surface area contributed by atoms with Gasteiger partial charge in [-0.3, -0.25) is 9.13 Å². The first-order chi connectivity index (χ1) is 6.29. The highest BCUT2D eigenvalue weighted by molar-refractivity contribution is 14.1. The van der Waals surface area contributed by atoms with Crippen molar-refractivity contribution in [1.82, 2.24) is 9.13 Å². The third kappa shape index (κ3) is 3.49. The van der Waals surface area contributed by atoms with Crippen LogP contribution in [-0.2, 0) is 0 Å². The van der Waals surface area contributed by atoms with Crippen LogP contribution in [0.5, 0.6) is 0 Å². The minimum absolute atomic E-state index is 0.00400. The molecule has 2 nitrogen and oxygen atoms in total. The molecule has 1 rings (SSSR count). The van der Waals surface area contributed by atoms with Gasteiger partial charge < -0.3 is 0 Å². The molecule has 0 radical (unpaired) electrons. The molecule has 78 valence electrons. The molecule has 1 fully saturated rings. The Morgan fingerprint density at radius 2 is 1.54 bits per heavy atom. The maximum atomic E-state index is 2.69. The largest absolute Gasteiger partial charge is 0.293 e. The predicted molar refractivity (Wildman–Crippen MR) is 69.6 cm³/mol. The van der Waals surface area contributed by atoms with Gasteiger partial charge in [-0.1, -0.05) is 26.7 Å². The van der Waals surface area contributed by atoms with Crippen LogP contribution in [0.3, 0.4) is 0 Å². The second-order valence-electron chi connectivity index (χ2n) is 3.78. The molecule has 0 atom stereocenters. The lowest BCUT2D eigenvalue weighted by molar-refractivity contribution is 0.180. The molecule has 1 saturated heterocycles. The van der Waals surface area contributed by atoms with Gasteiger partial charge in [0.2, 0.25) is 0 Å². The molecule has 0 aromatic rings. The molecule has 0 N–H and O–H groups in total. The summed E-state index contributed by atoms with van der Waals surface area (Å²) in [7, 11) is 0.00400. The van der Waals surface area contributed by atoms with Crippen molar-refractivity contribution in [2.24, 2.45) is 0 Å². The highest BCUT2D eigenvalue weighted by Crippen LogP contribution is 2.23. The summed E-state index contributed by atoms with van der Waals surface area (Å²) in [5.74, 6) is 0. The number of hydrogen-bond acceptors (Lipinski definition) is 2. The summed E-state index contributed by atoms with van der Waals surface area (Å²) in [5, 5.41) is 0. The molecule has 4 heteroatoms. The lowest BCUT2D eigenvalue weighted by atomic mass is 10.3. The second-order valence-corrected chi connectivity index (χ2v) is 6.81. The molecule has 1 aliphatic rings. The van der Waals surface area contributed by atoms with Crippen molar-refractivity contribution in [2.45, 2.75) is 43.7 Å². The third-order valence-corrected chi connectivity index (χ3v) is 7.68. The van der Waals surface area contributed by atoms with Crippen molar-refractivity contribution in [3.8, 4) is 0 Å². The molecule has 0 amide bonds. The minimum Gasteiger partial charge on any atom is -0.293 e. The van der Waals surface area contributed by atoms with Crippen molar-refractivity contribution in [1.29, 1.82) is 0 Å². The van der Waals surface area contributed by atoms with Gasteiger partial charge >= 0.3 is 0 Å². The van der Waals surface area contributed by atoms with Gasteiger partial charge in [-0.25, -0.2) is 0 Å². The van der Waals surface area contributed by atoms with E-state index < -0.39 is 0 Å². The molecule has 13 heavy (non-hydrogen) atoms. The van der Waals surface area contributed by atoms with E-state index in [0.29, 0.717) is 0 Å². The molecule has 1 heterocycles. The van der Waals surface area contributed by atoms with Crippen LogP contribution >= 0.6 is 22.6 Å². The van der Waals surface area contributed by atoms with Gasteiger partial charge in [0, 0.05) is 0 Å². The van der Waals surface area contributed by atoms with Gasteiger partial charge in [0.1, 0.15) is 4.17 Å². The predicted octanol–water partition coefficient (Wildman–Crippen LogP) is 1.92. The van der Waals surface area contributed by atoms with E-state index in [2.05, 4.69) is 45.6 Å². The van der Waals surface area contributed by atoms with Gasteiger partial charge in [0.15, 0.2) is 9.84 Å². The Morgan fingerprint density at radius 1 is 1.08 bits per heavy atom. The van der Waals surface area contributed by atoms with Crippen molar-refractivity contribution >= 4 is 32.4 Å². The monoisotopic (exact) mass is 312 g/mol. The first-order valence-electron chi connectivity index (χ1n) is 5.41. The highest BCUT2D eigenvalue weighted by atomic mass is 127. The molecule has 0 bridgehead atoms. The zero-order valence-corrected chi connectivity index (χ0v) is 12.4. The number of alkyl halides is 1. The summed E-state index contributed by atoms with van der Waals surface area (Å²) >= 11 is 2.58. The molecular weight excluding hydrogens is 291 g/mol. The topological polar surface area (TPSA) is 6.48 Å².